The molecule has 2 atom stereocenters. The van der Waals surface area contributed by atoms with Crippen molar-refractivity contribution in [3.05, 3.63) is 36.2 Å². The largest absolute Gasteiger partial charge is 0.398 e. The summed E-state index contributed by atoms with van der Waals surface area (Å²) in [5.41, 5.74) is 8.08. The lowest BCUT2D eigenvalue weighted by Crippen LogP contribution is -2.40. The van der Waals surface area contributed by atoms with Gasteiger partial charge in [0, 0.05) is 54.8 Å². The molecule has 29 heavy (non-hydrogen) atoms. The van der Waals surface area contributed by atoms with Crippen molar-refractivity contribution in [3.63, 3.8) is 0 Å². The predicted molar refractivity (Wildman–Crippen MR) is 127 cm³/mol. The number of imidazole rings is 1. The summed E-state index contributed by atoms with van der Waals surface area (Å²) in [7, 11) is 4.12. The number of aryl methyl sites for hydroxylation is 1. The van der Waals surface area contributed by atoms with Gasteiger partial charge in [0.25, 0.3) is 0 Å². The van der Waals surface area contributed by atoms with E-state index in [1.807, 2.05) is 28.8 Å². The van der Waals surface area contributed by atoms with E-state index in [-0.39, 0.29) is 11.5 Å². The Morgan fingerprint density at radius 2 is 1.90 bits per heavy atom. The van der Waals surface area contributed by atoms with Crippen molar-refractivity contribution < 1.29 is 4.79 Å². The van der Waals surface area contributed by atoms with Crippen molar-refractivity contribution in [2.24, 2.45) is 13.0 Å². The van der Waals surface area contributed by atoms with Crippen molar-refractivity contribution >= 4 is 39.8 Å². The number of hydrogen-bond donors (Lipinski definition) is 2. The second kappa shape index (κ2) is 9.38. The predicted octanol–water partition coefficient (Wildman–Crippen LogP) is 3.92. The maximum atomic E-state index is 12.7. The number of piperidine rings is 1. The number of nitrogen functional groups attached to an aromatic ring is 1. The molecule has 2 unspecified atom stereocenters. The van der Waals surface area contributed by atoms with Crippen LogP contribution in [0.4, 0.5) is 5.69 Å². The molecule has 2 saturated heterocycles. The number of hydrogen-bond acceptors (Lipinski definition) is 5. The Kier molecular flexibility index (Phi) is 7.10. The van der Waals surface area contributed by atoms with Crippen LogP contribution in [0.5, 0.6) is 0 Å². The molecule has 0 amide bonds. The summed E-state index contributed by atoms with van der Waals surface area (Å²) in [6, 6.07) is 6.68. The average molecular weight is 507 g/mol. The number of carbonyl (C=O) groups is 1. The first-order valence-electron chi connectivity index (χ1n) is 10.0. The second-order valence-corrected chi connectivity index (χ2v) is 8.05. The zero-order chi connectivity index (χ0) is 21.1. The second-order valence-electron chi connectivity index (χ2n) is 8.05. The summed E-state index contributed by atoms with van der Waals surface area (Å²) >= 11 is 2.15. The van der Waals surface area contributed by atoms with Gasteiger partial charge in [-0.1, -0.05) is 28.7 Å². The number of alkyl halides is 1. The van der Waals surface area contributed by atoms with Gasteiger partial charge < -0.3 is 15.2 Å². The van der Waals surface area contributed by atoms with Crippen molar-refractivity contribution in [2.75, 3.05) is 17.7 Å². The van der Waals surface area contributed by atoms with E-state index in [1.54, 1.807) is 18.3 Å². The standard InChI is InChI=1S/C21H27N5O.CH3I/c1-25-8-7-24-21(25)14-3-6-17(18(22)12-14)20(23)19(27)11-13-9-15-4-5-16(10-13)26(15)2;1-2/h3,6-8,12-13,15-16,23H,4-5,9-11,22H2,1-2H3;1H3. The van der Waals surface area contributed by atoms with Crippen molar-refractivity contribution in [2.45, 2.75) is 44.2 Å². The van der Waals surface area contributed by atoms with Crippen LogP contribution < -0.4 is 5.73 Å². The summed E-state index contributed by atoms with van der Waals surface area (Å²) in [5.74, 6) is 1.10. The number of Topliss-reactive ketones (excluding diaryl/α,β-unsaturated/α-hetero) is 1. The number of benzene rings is 1. The van der Waals surface area contributed by atoms with Crippen molar-refractivity contribution in [1.82, 2.24) is 14.5 Å². The Hall–Kier alpha value is -1.74. The van der Waals surface area contributed by atoms with Crippen LogP contribution in [-0.4, -0.2) is 50.0 Å². The Morgan fingerprint density at radius 3 is 2.45 bits per heavy atom. The summed E-state index contributed by atoms with van der Waals surface area (Å²) in [6.07, 6.45) is 8.69. The van der Waals surface area contributed by atoms with Crippen LogP contribution in [0.15, 0.2) is 30.6 Å². The Morgan fingerprint density at radius 1 is 1.24 bits per heavy atom. The molecule has 2 fully saturated rings. The van der Waals surface area contributed by atoms with Crippen LogP contribution in [0, 0.1) is 11.3 Å². The molecule has 2 aromatic rings. The Balaban J connectivity index is 0.00000117. The minimum atomic E-state index is -0.0969. The molecule has 6 nitrogen and oxygen atoms in total. The lowest BCUT2D eigenvalue weighted by molar-refractivity contribution is -0.114. The van der Waals surface area contributed by atoms with E-state index in [0.29, 0.717) is 35.7 Å². The number of ketones is 1. The van der Waals surface area contributed by atoms with E-state index in [9.17, 15) is 4.79 Å². The van der Waals surface area contributed by atoms with E-state index in [4.69, 9.17) is 11.1 Å². The summed E-state index contributed by atoms with van der Waals surface area (Å²) in [6.45, 7) is 0. The molecule has 7 heteroatoms. The fourth-order valence-electron chi connectivity index (χ4n) is 4.78. The quantitative estimate of drug-likeness (QED) is 0.278. The van der Waals surface area contributed by atoms with Gasteiger partial charge in [0.05, 0.1) is 0 Å². The number of halogens is 1. The van der Waals surface area contributed by atoms with Gasteiger partial charge in [-0.15, -0.1) is 0 Å². The SMILES string of the molecule is CI.CN1C2CCC1CC(CC(=O)C(=N)c1ccc(-c3nccn3C)cc1N)C2. The lowest BCUT2D eigenvalue weighted by atomic mass is 9.85. The van der Waals surface area contributed by atoms with E-state index in [0.717, 1.165) is 24.2 Å². The molecule has 2 aliphatic rings. The van der Waals surface area contributed by atoms with Crippen LogP contribution in [0.25, 0.3) is 11.4 Å². The van der Waals surface area contributed by atoms with Crippen LogP contribution in [0.3, 0.4) is 0 Å². The highest BCUT2D eigenvalue weighted by Crippen LogP contribution is 2.39. The van der Waals surface area contributed by atoms with E-state index in [1.165, 1.54) is 12.8 Å². The molecule has 3 heterocycles. The molecule has 156 valence electrons. The number of carbonyl (C=O) groups excluding carboxylic acids is 1. The first-order valence-corrected chi connectivity index (χ1v) is 12.2. The molecule has 2 bridgehead atoms. The van der Waals surface area contributed by atoms with E-state index >= 15 is 0 Å². The number of anilines is 1. The Labute approximate surface area is 186 Å². The normalized spacial score (nSPS) is 23.4. The van der Waals surface area contributed by atoms with Gasteiger partial charge >= 0.3 is 0 Å². The molecule has 0 aliphatic carbocycles. The first-order chi connectivity index (χ1) is 13.9. The maximum absolute atomic E-state index is 12.7. The summed E-state index contributed by atoms with van der Waals surface area (Å²) < 4.78 is 1.92. The van der Waals surface area contributed by atoms with E-state index in [2.05, 4.69) is 39.5 Å². The fourth-order valence-corrected chi connectivity index (χ4v) is 4.78. The number of nitrogens with two attached hydrogens (primary N) is 1. The molecule has 1 aromatic heterocycles. The van der Waals surface area contributed by atoms with Gasteiger partial charge in [-0.25, -0.2) is 4.98 Å². The van der Waals surface area contributed by atoms with E-state index < -0.39 is 0 Å². The molecule has 0 saturated carbocycles. The maximum Gasteiger partial charge on any atom is 0.181 e. The zero-order valence-electron chi connectivity index (χ0n) is 17.4. The minimum absolute atomic E-state index is 0.0326. The number of rotatable bonds is 5. The third-order valence-corrected chi connectivity index (χ3v) is 6.35. The van der Waals surface area contributed by atoms with Crippen molar-refractivity contribution in [3.8, 4) is 11.4 Å². The first kappa shape index (κ1) is 22.0. The molecular formula is C22H30IN5O. The molecule has 3 N–H and O–H groups in total. The fraction of sp³-hybridized carbons (Fsp3) is 0.500. The van der Waals surface area contributed by atoms with Gasteiger partial charge in [-0.2, -0.15) is 0 Å². The average Bonchev–Trinajstić information content (AvgIpc) is 3.21. The molecule has 1 aromatic carbocycles. The van der Waals surface area contributed by atoms with Gasteiger partial charge in [0.15, 0.2) is 5.78 Å². The number of fused-ring (bicyclic) bond motifs is 2. The Bertz CT molecular complexity index is 879. The van der Waals surface area contributed by atoms with Crippen LogP contribution in [-0.2, 0) is 11.8 Å². The van der Waals surface area contributed by atoms with Crippen molar-refractivity contribution in [1.29, 1.82) is 5.41 Å². The monoisotopic (exact) mass is 507 g/mol. The van der Waals surface area contributed by atoms with Gasteiger partial charge in [-0.3, -0.25) is 10.2 Å². The van der Waals surface area contributed by atoms with Gasteiger partial charge in [-0.05, 0) is 55.7 Å². The molecule has 0 radical (unpaired) electrons. The highest BCUT2D eigenvalue weighted by Gasteiger charge is 2.39. The molecule has 2 aliphatic heterocycles. The highest BCUT2D eigenvalue weighted by molar-refractivity contribution is 14.1. The van der Waals surface area contributed by atoms with Gasteiger partial charge in [0.1, 0.15) is 11.5 Å². The molecule has 4 rings (SSSR count). The lowest BCUT2D eigenvalue weighted by Gasteiger charge is -2.36. The highest BCUT2D eigenvalue weighted by atomic mass is 127. The number of nitrogens with one attached hydrogen (secondary N) is 1. The summed E-state index contributed by atoms with van der Waals surface area (Å²) in [5, 5.41) is 8.38. The number of aromatic nitrogens is 2. The third-order valence-electron chi connectivity index (χ3n) is 6.35. The minimum Gasteiger partial charge on any atom is -0.398 e. The molecule has 0 spiro atoms. The summed E-state index contributed by atoms with van der Waals surface area (Å²) in [4.78, 5) is 21.5. The van der Waals surface area contributed by atoms with Crippen LogP contribution >= 0.6 is 22.6 Å². The topological polar surface area (TPSA) is 88.0 Å². The van der Waals surface area contributed by atoms with Gasteiger partial charge in [0.2, 0.25) is 0 Å². The number of nitrogens with zero attached hydrogens (tertiary/aromatic N) is 3. The molecular weight excluding hydrogens is 477 g/mol. The smallest absolute Gasteiger partial charge is 0.181 e. The van der Waals surface area contributed by atoms with Crippen LogP contribution in [0.1, 0.15) is 37.7 Å². The third kappa shape index (κ3) is 4.55. The zero-order valence-corrected chi connectivity index (χ0v) is 19.5. The van der Waals surface area contributed by atoms with Crippen LogP contribution in [0.2, 0.25) is 0 Å².